The van der Waals surface area contributed by atoms with Crippen LogP contribution in [0.2, 0.25) is 0 Å². The lowest BCUT2D eigenvalue weighted by atomic mass is 9.99. The molecule has 0 atom stereocenters. The molecule has 2 aromatic carbocycles. The maximum absolute atomic E-state index is 5.51. The average Bonchev–Trinajstić information content (AvgIpc) is 2.41. The minimum atomic E-state index is 0.821. The largest absolute Gasteiger partial charge is 0.330 e. The molecule has 0 radical (unpaired) electrons. The Labute approximate surface area is 118 Å². The predicted molar refractivity (Wildman–Crippen MR) is 82.9 cm³/mol. The molecule has 2 N–H and O–H groups in total. The molecule has 0 saturated carbocycles. The standard InChI is InChI=1S/C16H20BrN/c17-16-11-10-13(7-3-1-2-6-12-18)14-8-4-5-9-15(14)16/h4-5,8-11H,1-3,6-7,12,18H2. The summed E-state index contributed by atoms with van der Waals surface area (Å²) in [6.45, 7) is 0.821. The molecule has 2 aromatic rings. The van der Waals surface area contributed by atoms with Gasteiger partial charge in [-0.15, -0.1) is 0 Å². The zero-order chi connectivity index (χ0) is 12.8. The number of benzene rings is 2. The van der Waals surface area contributed by atoms with E-state index in [9.17, 15) is 0 Å². The Kier molecular flexibility index (Phi) is 5.21. The molecule has 0 spiro atoms. The quantitative estimate of drug-likeness (QED) is 0.772. The van der Waals surface area contributed by atoms with Crippen LogP contribution in [0.15, 0.2) is 40.9 Å². The summed E-state index contributed by atoms with van der Waals surface area (Å²) in [5.74, 6) is 0. The van der Waals surface area contributed by atoms with Crippen molar-refractivity contribution in [3.8, 4) is 0 Å². The lowest BCUT2D eigenvalue weighted by Gasteiger charge is -2.08. The van der Waals surface area contributed by atoms with E-state index in [4.69, 9.17) is 5.73 Å². The lowest BCUT2D eigenvalue weighted by molar-refractivity contribution is 0.648. The summed E-state index contributed by atoms with van der Waals surface area (Å²) in [5.41, 5.74) is 6.97. The third kappa shape index (κ3) is 3.33. The van der Waals surface area contributed by atoms with Gasteiger partial charge in [0.25, 0.3) is 0 Å². The molecule has 2 rings (SSSR count). The highest BCUT2D eigenvalue weighted by atomic mass is 79.9. The van der Waals surface area contributed by atoms with Crippen molar-refractivity contribution in [1.82, 2.24) is 0 Å². The van der Waals surface area contributed by atoms with Crippen molar-refractivity contribution in [1.29, 1.82) is 0 Å². The normalized spacial score (nSPS) is 11.0. The fraction of sp³-hybridized carbons (Fsp3) is 0.375. The van der Waals surface area contributed by atoms with Gasteiger partial charge in [0.2, 0.25) is 0 Å². The van der Waals surface area contributed by atoms with E-state index in [1.165, 1.54) is 46.5 Å². The zero-order valence-corrected chi connectivity index (χ0v) is 12.2. The van der Waals surface area contributed by atoms with E-state index in [0.717, 1.165) is 13.0 Å². The molecule has 1 nitrogen and oxygen atoms in total. The fourth-order valence-corrected chi connectivity index (χ4v) is 2.83. The first kappa shape index (κ1) is 13.6. The van der Waals surface area contributed by atoms with Crippen molar-refractivity contribution in [3.63, 3.8) is 0 Å². The van der Waals surface area contributed by atoms with Gasteiger partial charge in [0, 0.05) is 4.47 Å². The highest BCUT2D eigenvalue weighted by molar-refractivity contribution is 9.10. The molecule has 0 amide bonds. The zero-order valence-electron chi connectivity index (χ0n) is 10.7. The number of rotatable bonds is 6. The van der Waals surface area contributed by atoms with Gasteiger partial charge in [0.1, 0.15) is 0 Å². The van der Waals surface area contributed by atoms with Gasteiger partial charge < -0.3 is 5.73 Å². The van der Waals surface area contributed by atoms with Crippen LogP contribution in [0.5, 0.6) is 0 Å². The third-order valence-corrected chi connectivity index (χ3v) is 4.05. The first-order valence-electron chi connectivity index (χ1n) is 6.69. The average molecular weight is 306 g/mol. The van der Waals surface area contributed by atoms with Crippen molar-refractivity contribution in [2.45, 2.75) is 32.1 Å². The Hall–Kier alpha value is -0.860. The van der Waals surface area contributed by atoms with Gasteiger partial charge in [-0.2, -0.15) is 0 Å². The van der Waals surface area contributed by atoms with Gasteiger partial charge in [-0.1, -0.05) is 59.1 Å². The molecular weight excluding hydrogens is 286 g/mol. The number of halogens is 1. The molecule has 0 aromatic heterocycles. The number of aryl methyl sites for hydroxylation is 1. The Morgan fingerprint density at radius 1 is 0.833 bits per heavy atom. The molecule has 18 heavy (non-hydrogen) atoms. The topological polar surface area (TPSA) is 26.0 Å². The molecule has 0 aliphatic heterocycles. The van der Waals surface area contributed by atoms with E-state index in [-0.39, 0.29) is 0 Å². The van der Waals surface area contributed by atoms with Crippen LogP contribution < -0.4 is 5.73 Å². The van der Waals surface area contributed by atoms with E-state index in [0.29, 0.717) is 0 Å². The second-order valence-electron chi connectivity index (χ2n) is 4.70. The van der Waals surface area contributed by atoms with Crippen LogP contribution in [0.3, 0.4) is 0 Å². The molecule has 2 heteroatoms. The third-order valence-electron chi connectivity index (χ3n) is 3.36. The lowest BCUT2D eigenvalue weighted by Crippen LogP contribution is -1.98. The van der Waals surface area contributed by atoms with Crippen LogP contribution >= 0.6 is 15.9 Å². The van der Waals surface area contributed by atoms with Gasteiger partial charge in [-0.3, -0.25) is 0 Å². The first-order chi connectivity index (χ1) is 8.83. The van der Waals surface area contributed by atoms with E-state index in [1.807, 2.05) is 0 Å². The summed E-state index contributed by atoms with van der Waals surface area (Å²) in [5, 5.41) is 2.70. The van der Waals surface area contributed by atoms with Crippen LogP contribution in [0.4, 0.5) is 0 Å². The number of unbranched alkanes of at least 4 members (excludes halogenated alkanes) is 3. The smallest absolute Gasteiger partial charge is 0.0253 e. The Bertz CT molecular complexity index is 507. The summed E-state index contributed by atoms with van der Waals surface area (Å²) in [7, 11) is 0. The number of hydrogen-bond donors (Lipinski definition) is 1. The van der Waals surface area contributed by atoms with E-state index in [2.05, 4.69) is 52.3 Å². The van der Waals surface area contributed by atoms with Crippen LogP contribution in [0.25, 0.3) is 10.8 Å². The van der Waals surface area contributed by atoms with Crippen molar-refractivity contribution in [2.75, 3.05) is 6.54 Å². The molecule has 96 valence electrons. The number of fused-ring (bicyclic) bond motifs is 1. The van der Waals surface area contributed by atoms with Gasteiger partial charge in [-0.05, 0) is 48.2 Å². The molecule has 0 unspecified atom stereocenters. The van der Waals surface area contributed by atoms with Crippen molar-refractivity contribution >= 4 is 26.7 Å². The Morgan fingerprint density at radius 2 is 1.56 bits per heavy atom. The summed E-state index contributed by atoms with van der Waals surface area (Å²) >= 11 is 3.62. The first-order valence-corrected chi connectivity index (χ1v) is 7.48. The van der Waals surface area contributed by atoms with Crippen LogP contribution in [0.1, 0.15) is 31.2 Å². The second kappa shape index (κ2) is 6.91. The summed E-state index contributed by atoms with van der Waals surface area (Å²) in [4.78, 5) is 0. The van der Waals surface area contributed by atoms with Gasteiger partial charge in [0.15, 0.2) is 0 Å². The highest BCUT2D eigenvalue weighted by Gasteiger charge is 2.03. The van der Waals surface area contributed by atoms with Crippen molar-refractivity contribution in [3.05, 3.63) is 46.4 Å². The van der Waals surface area contributed by atoms with E-state index < -0.39 is 0 Å². The van der Waals surface area contributed by atoms with E-state index >= 15 is 0 Å². The molecule has 0 saturated heterocycles. The Balaban J connectivity index is 2.07. The molecule has 0 aliphatic carbocycles. The SMILES string of the molecule is NCCCCCCc1ccc(Br)c2ccccc12. The van der Waals surface area contributed by atoms with Gasteiger partial charge >= 0.3 is 0 Å². The maximum atomic E-state index is 5.51. The van der Waals surface area contributed by atoms with Gasteiger partial charge in [-0.25, -0.2) is 0 Å². The second-order valence-corrected chi connectivity index (χ2v) is 5.56. The van der Waals surface area contributed by atoms with E-state index in [1.54, 1.807) is 0 Å². The summed E-state index contributed by atoms with van der Waals surface area (Å²) in [6, 6.07) is 13.0. The molecule has 0 bridgehead atoms. The summed E-state index contributed by atoms with van der Waals surface area (Å²) < 4.78 is 1.19. The molecule has 0 heterocycles. The minimum absolute atomic E-state index is 0.821. The molecule has 0 fully saturated rings. The van der Waals surface area contributed by atoms with Gasteiger partial charge in [0.05, 0.1) is 0 Å². The van der Waals surface area contributed by atoms with Crippen LogP contribution in [0, 0.1) is 0 Å². The van der Waals surface area contributed by atoms with Crippen LogP contribution in [-0.2, 0) is 6.42 Å². The monoisotopic (exact) mass is 305 g/mol. The minimum Gasteiger partial charge on any atom is -0.330 e. The van der Waals surface area contributed by atoms with Crippen molar-refractivity contribution in [2.24, 2.45) is 5.73 Å². The maximum Gasteiger partial charge on any atom is 0.0253 e. The Morgan fingerprint density at radius 3 is 2.33 bits per heavy atom. The summed E-state index contributed by atoms with van der Waals surface area (Å²) in [6.07, 6.45) is 6.11. The fourth-order valence-electron chi connectivity index (χ4n) is 2.36. The number of nitrogens with two attached hydrogens (primary N) is 1. The molecule has 0 aliphatic rings. The number of hydrogen-bond acceptors (Lipinski definition) is 1. The highest BCUT2D eigenvalue weighted by Crippen LogP contribution is 2.27. The van der Waals surface area contributed by atoms with Crippen molar-refractivity contribution < 1.29 is 0 Å². The molecular formula is C16H20BrN. The predicted octanol–water partition coefficient (Wildman–Crippen LogP) is 4.66. The van der Waals surface area contributed by atoms with Crippen LogP contribution in [-0.4, -0.2) is 6.54 Å².